The summed E-state index contributed by atoms with van der Waals surface area (Å²) >= 11 is 0. The van der Waals surface area contributed by atoms with E-state index in [-0.39, 0.29) is 11.4 Å². The summed E-state index contributed by atoms with van der Waals surface area (Å²) in [4.78, 5) is 10.3. The van der Waals surface area contributed by atoms with Crippen molar-refractivity contribution in [2.24, 2.45) is 0 Å². The minimum absolute atomic E-state index is 0.122. The standard InChI is InChI=1S/C11H12N2O3/c1-11(2,7-12)8-4-5-10(16-3)9(6-8)13(14)15/h4-6H,1-3H3. The molecule has 1 aromatic rings. The first-order valence-corrected chi connectivity index (χ1v) is 4.66. The molecule has 0 radical (unpaired) electrons. The molecular weight excluding hydrogens is 208 g/mol. The lowest BCUT2D eigenvalue weighted by molar-refractivity contribution is -0.385. The van der Waals surface area contributed by atoms with Crippen LogP contribution >= 0.6 is 0 Å². The molecule has 0 aliphatic heterocycles. The number of hydrogen-bond donors (Lipinski definition) is 0. The highest BCUT2D eigenvalue weighted by Gasteiger charge is 2.24. The van der Waals surface area contributed by atoms with Gasteiger partial charge in [0.1, 0.15) is 0 Å². The number of nitro benzene ring substituents is 1. The molecule has 0 bridgehead atoms. The van der Waals surface area contributed by atoms with Gasteiger partial charge in [-0.05, 0) is 25.5 Å². The second kappa shape index (κ2) is 4.19. The Morgan fingerprint density at radius 1 is 1.50 bits per heavy atom. The normalized spacial score (nSPS) is 10.6. The molecule has 16 heavy (non-hydrogen) atoms. The number of nitro groups is 1. The molecule has 5 heteroatoms. The molecule has 0 unspecified atom stereocenters. The highest BCUT2D eigenvalue weighted by atomic mass is 16.6. The molecule has 5 nitrogen and oxygen atoms in total. The summed E-state index contributed by atoms with van der Waals surface area (Å²) in [6, 6.07) is 6.64. The van der Waals surface area contributed by atoms with Crippen molar-refractivity contribution < 1.29 is 9.66 Å². The van der Waals surface area contributed by atoms with Gasteiger partial charge in [0, 0.05) is 6.07 Å². The van der Waals surface area contributed by atoms with Gasteiger partial charge in [-0.25, -0.2) is 0 Å². The van der Waals surface area contributed by atoms with E-state index < -0.39 is 10.3 Å². The van der Waals surface area contributed by atoms with Crippen molar-refractivity contribution in [2.75, 3.05) is 7.11 Å². The highest BCUT2D eigenvalue weighted by Crippen LogP contribution is 2.32. The molecule has 0 aliphatic carbocycles. The van der Waals surface area contributed by atoms with Gasteiger partial charge in [-0.1, -0.05) is 6.07 Å². The first-order valence-electron chi connectivity index (χ1n) is 4.66. The minimum atomic E-state index is -0.753. The van der Waals surface area contributed by atoms with Crippen LogP contribution in [0.2, 0.25) is 0 Å². The Morgan fingerprint density at radius 2 is 2.12 bits per heavy atom. The van der Waals surface area contributed by atoms with Crippen molar-refractivity contribution in [1.82, 2.24) is 0 Å². The van der Waals surface area contributed by atoms with Gasteiger partial charge in [0.25, 0.3) is 0 Å². The molecular formula is C11H12N2O3. The molecule has 84 valence electrons. The zero-order valence-electron chi connectivity index (χ0n) is 9.35. The van der Waals surface area contributed by atoms with E-state index >= 15 is 0 Å². The maximum atomic E-state index is 10.8. The highest BCUT2D eigenvalue weighted by molar-refractivity contribution is 5.51. The maximum Gasteiger partial charge on any atom is 0.311 e. The molecule has 1 rings (SSSR count). The lowest BCUT2D eigenvalue weighted by atomic mass is 9.86. The van der Waals surface area contributed by atoms with Crippen LogP contribution in [0.15, 0.2) is 18.2 Å². The summed E-state index contributed by atoms with van der Waals surface area (Å²) in [6.07, 6.45) is 0. The number of nitrogens with zero attached hydrogens (tertiary/aromatic N) is 2. The molecule has 0 aliphatic rings. The number of methoxy groups -OCH3 is 1. The van der Waals surface area contributed by atoms with Crippen LogP contribution in [0.5, 0.6) is 5.75 Å². The second-order valence-electron chi connectivity index (χ2n) is 3.88. The number of benzene rings is 1. The minimum Gasteiger partial charge on any atom is -0.490 e. The summed E-state index contributed by atoms with van der Waals surface area (Å²) in [7, 11) is 1.37. The smallest absolute Gasteiger partial charge is 0.311 e. The Balaban J connectivity index is 3.34. The van der Waals surface area contributed by atoms with Gasteiger partial charge < -0.3 is 4.74 Å². The quantitative estimate of drug-likeness (QED) is 0.579. The molecule has 0 saturated carbocycles. The molecule has 0 amide bonds. The summed E-state index contributed by atoms with van der Waals surface area (Å²) in [5, 5.41) is 19.7. The van der Waals surface area contributed by atoms with Crippen LogP contribution in [0.4, 0.5) is 5.69 Å². The number of rotatable bonds is 3. The van der Waals surface area contributed by atoms with Gasteiger partial charge in [-0.15, -0.1) is 0 Å². The van der Waals surface area contributed by atoms with E-state index in [0.717, 1.165) is 0 Å². The van der Waals surface area contributed by atoms with Crippen LogP contribution < -0.4 is 4.74 Å². The fourth-order valence-corrected chi connectivity index (χ4v) is 1.29. The number of hydrogen-bond acceptors (Lipinski definition) is 4. The Labute approximate surface area is 93.4 Å². The van der Waals surface area contributed by atoms with Gasteiger partial charge in [-0.3, -0.25) is 10.1 Å². The Hall–Kier alpha value is -2.09. The third-order valence-electron chi connectivity index (χ3n) is 2.38. The molecule has 0 spiro atoms. The first-order chi connectivity index (χ1) is 7.42. The van der Waals surface area contributed by atoms with Crippen LogP contribution in [-0.2, 0) is 5.41 Å². The third-order valence-corrected chi connectivity index (χ3v) is 2.38. The van der Waals surface area contributed by atoms with E-state index in [1.807, 2.05) is 0 Å². The Bertz CT molecular complexity index is 461. The zero-order chi connectivity index (χ0) is 12.3. The Kier molecular flexibility index (Phi) is 3.14. The average Bonchev–Trinajstić information content (AvgIpc) is 2.28. The topological polar surface area (TPSA) is 76.2 Å². The van der Waals surface area contributed by atoms with Crippen molar-refractivity contribution in [3.8, 4) is 11.8 Å². The van der Waals surface area contributed by atoms with E-state index in [0.29, 0.717) is 5.56 Å². The molecule has 0 saturated heterocycles. The lowest BCUT2D eigenvalue weighted by Gasteiger charge is -2.15. The van der Waals surface area contributed by atoms with Crippen molar-refractivity contribution in [3.63, 3.8) is 0 Å². The molecule has 0 aromatic heterocycles. The van der Waals surface area contributed by atoms with E-state index in [1.54, 1.807) is 19.9 Å². The van der Waals surface area contributed by atoms with Crippen molar-refractivity contribution in [3.05, 3.63) is 33.9 Å². The van der Waals surface area contributed by atoms with E-state index in [1.165, 1.54) is 19.2 Å². The summed E-state index contributed by atoms with van der Waals surface area (Å²) < 4.78 is 4.88. The lowest BCUT2D eigenvalue weighted by Crippen LogP contribution is -2.14. The van der Waals surface area contributed by atoms with Crippen molar-refractivity contribution in [2.45, 2.75) is 19.3 Å². The Morgan fingerprint density at radius 3 is 2.56 bits per heavy atom. The predicted molar refractivity (Wildman–Crippen MR) is 58.3 cm³/mol. The average molecular weight is 220 g/mol. The number of ether oxygens (including phenoxy) is 1. The van der Waals surface area contributed by atoms with Gasteiger partial charge in [0.15, 0.2) is 5.75 Å². The molecule has 0 atom stereocenters. The fourth-order valence-electron chi connectivity index (χ4n) is 1.29. The molecule has 1 aromatic carbocycles. The van der Waals surface area contributed by atoms with E-state index in [2.05, 4.69) is 6.07 Å². The largest absolute Gasteiger partial charge is 0.490 e. The number of nitriles is 1. The van der Waals surface area contributed by atoms with Crippen LogP contribution in [0, 0.1) is 21.4 Å². The summed E-state index contributed by atoms with van der Waals surface area (Å²) in [6.45, 7) is 3.41. The molecule has 0 heterocycles. The predicted octanol–water partition coefficient (Wildman–Crippen LogP) is 2.40. The van der Waals surface area contributed by atoms with Gasteiger partial charge in [-0.2, -0.15) is 5.26 Å². The van der Waals surface area contributed by atoms with Crippen LogP contribution in [0.25, 0.3) is 0 Å². The van der Waals surface area contributed by atoms with Gasteiger partial charge >= 0.3 is 5.69 Å². The summed E-state index contributed by atoms with van der Waals surface area (Å²) in [5.74, 6) is 0.197. The summed E-state index contributed by atoms with van der Waals surface area (Å²) in [5.41, 5.74) is -0.275. The van der Waals surface area contributed by atoms with Crippen molar-refractivity contribution in [1.29, 1.82) is 5.26 Å². The first kappa shape index (κ1) is 12.0. The van der Waals surface area contributed by atoms with Crippen LogP contribution in [-0.4, -0.2) is 12.0 Å². The van der Waals surface area contributed by atoms with Crippen LogP contribution in [0.3, 0.4) is 0 Å². The maximum absolute atomic E-state index is 10.8. The van der Waals surface area contributed by atoms with Crippen molar-refractivity contribution >= 4 is 5.69 Å². The monoisotopic (exact) mass is 220 g/mol. The zero-order valence-corrected chi connectivity index (χ0v) is 9.35. The van der Waals surface area contributed by atoms with Gasteiger partial charge in [0.05, 0.1) is 23.5 Å². The van der Waals surface area contributed by atoms with Gasteiger partial charge in [0.2, 0.25) is 0 Å². The second-order valence-corrected chi connectivity index (χ2v) is 3.88. The third kappa shape index (κ3) is 2.11. The molecule has 0 fully saturated rings. The fraction of sp³-hybridized carbons (Fsp3) is 0.364. The van der Waals surface area contributed by atoms with E-state index in [9.17, 15) is 10.1 Å². The molecule has 0 N–H and O–H groups in total. The van der Waals surface area contributed by atoms with E-state index in [4.69, 9.17) is 10.00 Å². The van der Waals surface area contributed by atoms with Crippen LogP contribution in [0.1, 0.15) is 19.4 Å². The SMILES string of the molecule is COc1ccc(C(C)(C)C#N)cc1[N+](=O)[O-].